The normalized spacial score (nSPS) is 30.6. The SMILES string of the molecule is O=[N+]([O-])C1=CC(Br)=CC(F)(S(=O)(=O)O)C1F. The fourth-order valence-electron chi connectivity index (χ4n) is 1.07. The Bertz CT molecular complexity index is 501. The molecule has 1 N–H and O–H groups in total. The van der Waals surface area contributed by atoms with E-state index in [1.165, 1.54) is 0 Å². The largest absolute Gasteiger partial charge is 0.308 e. The van der Waals surface area contributed by atoms with Crippen LogP contribution in [0.25, 0.3) is 0 Å². The molecule has 0 radical (unpaired) electrons. The van der Waals surface area contributed by atoms with Crippen LogP contribution in [0.4, 0.5) is 8.78 Å². The molecule has 0 aromatic heterocycles. The smallest absolute Gasteiger partial charge is 0.283 e. The monoisotopic (exact) mass is 319 g/mol. The molecule has 1 aliphatic rings. The van der Waals surface area contributed by atoms with Gasteiger partial charge in [0.25, 0.3) is 10.7 Å². The molecule has 90 valence electrons. The third kappa shape index (κ3) is 1.99. The van der Waals surface area contributed by atoms with Gasteiger partial charge in [-0.05, 0) is 6.08 Å². The molecule has 0 aliphatic heterocycles. The number of allylic oxidation sites excluding steroid dienone is 3. The third-order valence-corrected chi connectivity index (χ3v) is 3.41. The van der Waals surface area contributed by atoms with Gasteiger partial charge in [0.05, 0.1) is 4.92 Å². The molecule has 6 nitrogen and oxygen atoms in total. The van der Waals surface area contributed by atoms with E-state index in [0.29, 0.717) is 6.08 Å². The fourth-order valence-corrected chi connectivity index (χ4v) is 2.45. The molecule has 0 heterocycles. The zero-order valence-electron chi connectivity index (χ0n) is 7.30. The van der Waals surface area contributed by atoms with Gasteiger partial charge in [0.2, 0.25) is 6.17 Å². The Kier molecular flexibility index (Phi) is 3.18. The lowest BCUT2D eigenvalue weighted by Crippen LogP contribution is -2.45. The first-order chi connectivity index (χ1) is 7.09. The number of hydrogen-bond donors (Lipinski definition) is 1. The summed E-state index contributed by atoms with van der Waals surface area (Å²) in [4.78, 5) is 9.07. The van der Waals surface area contributed by atoms with Crippen LogP contribution in [-0.4, -0.2) is 29.1 Å². The van der Waals surface area contributed by atoms with Crippen LogP contribution in [0, 0.1) is 10.1 Å². The van der Waals surface area contributed by atoms with E-state index in [-0.39, 0.29) is 10.6 Å². The average molecular weight is 320 g/mol. The van der Waals surface area contributed by atoms with Crippen molar-refractivity contribution in [1.29, 1.82) is 0 Å². The first-order valence-electron chi connectivity index (χ1n) is 3.64. The van der Waals surface area contributed by atoms with Gasteiger partial charge < -0.3 is 0 Å². The van der Waals surface area contributed by atoms with Crippen molar-refractivity contribution >= 4 is 26.0 Å². The molecule has 0 aromatic rings. The van der Waals surface area contributed by atoms with Gasteiger partial charge in [-0.3, -0.25) is 14.7 Å². The number of alkyl halides is 2. The van der Waals surface area contributed by atoms with E-state index in [2.05, 4.69) is 15.9 Å². The second kappa shape index (κ2) is 3.86. The van der Waals surface area contributed by atoms with Gasteiger partial charge in [-0.1, -0.05) is 15.9 Å². The van der Waals surface area contributed by atoms with Crippen LogP contribution in [0.3, 0.4) is 0 Å². The number of nitrogens with zero attached hydrogens (tertiary/aromatic N) is 1. The highest BCUT2D eigenvalue weighted by molar-refractivity contribution is 9.11. The standard InChI is InChI=1S/C6H4BrF2NO5S/c7-3-1-4(10(11)12)5(8)6(9,2-3)16(13,14)15/h1-2,5H,(H,13,14,15). The van der Waals surface area contributed by atoms with E-state index in [1.54, 1.807) is 0 Å². The summed E-state index contributed by atoms with van der Waals surface area (Å²) in [6, 6.07) is 0. The second-order valence-corrected chi connectivity index (χ2v) is 5.38. The summed E-state index contributed by atoms with van der Waals surface area (Å²) in [5.41, 5.74) is -1.30. The Morgan fingerprint density at radius 3 is 2.50 bits per heavy atom. The average Bonchev–Trinajstić information content (AvgIpc) is 2.08. The molecule has 16 heavy (non-hydrogen) atoms. The van der Waals surface area contributed by atoms with Crippen molar-refractivity contribution in [2.24, 2.45) is 0 Å². The minimum absolute atomic E-state index is 0.208. The van der Waals surface area contributed by atoms with Crippen molar-refractivity contribution in [3.8, 4) is 0 Å². The van der Waals surface area contributed by atoms with E-state index in [9.17, 15) is 27.3 Å². The molecule has 1 aliphatic carbocycles. The van der Waals surface area contributed by atoms with E-state index >= 15 is 0 Å². The summed E-state index contributed by atoms with van der Waals surface area (Å²) in [5, 5.41) is 6.47. The van der Waals surface area contributed by atoms with E-state index in [4.69, 9.17) is 4.55 Å². The summed E-state index contributed by atoms with van der Waals surface area (Å²) >= 11 is 2.59. The lowest BCUT2D eigenvalue weighted by atomic mass is 10.1. The number of rotatable bonds is 2. The molecule has 2 unspecified atom stereocenters. The van der Waals surface area contributed by atoms with Gasteiger partial charge in [-0.15, -0.1) is 0 Å². The summed E-state index contributed by atoms with van der Waals surface area (Å²) in [7, 11) is -5.47. The van der Waals surface area contributed by atoms with Crippen molar-refractivity contribution in [2.75, 3.05) is 0 Å². The van der Waals surface area contributed by atoms with Gasteiger partial charge in [-0.25, -0.2) is 8.78 Å². The quantitative estimate of drug-likeness (QED) is 0.470. The van der Waals surface area contributed by atoms with Gasteiger partial charge in [0, 0.05) is 10.6 Å². The minimum atomic E-state index is -5.47. The molecule has 2 atom stereocenters. The molecule has 0 bridgehead atoms. The Balaban J connectivity index is 3.41. The second-order valence-electron chi connectivity index (χ2n) is 2.89. The molecule has 0 aromatic carbocycles. The maximum absolute atomic E-state index is 13.7. The fraction of sp³-hybridized carbons (Fsp3) is 0.333. The number of nitro groups is 1. The summed E-state index contributed by atoms with van der Waals surface area (Å²) in [6.45, 7) is 0. The minimum Gasteiger partial charge on any atom is -0.283 e. The Hall–Kier alpha value is -0.870. The molecular weight excluding hydrogens is 316 g/mol. The van der Waals surface area contributed by atoms with Crippen LogP contribution in [0.2, 0.25) is 0 Å². The van der Waals surface area contributed by atoms with Crippen LogP contribution in [0.1, 0.15) is 0 Å². The van der Waals surface area contributed by atoms with Crippen molar-refractivity contribution < 1.29 is 26.7 Å². The van der Waals surface area contributed by atoms with E-state index in [1.807, 2.05) is 0 Å². The van der Waals surface area contributed by atoms with E-state index < -0.39 is 31.9 Å². The Morgan fingerprint density at radius 1 is 1.62 bits per heavy atom. The first kappa shape index (κ1) is 13.2. The van der Waals surface area contributed by atoms with Gasteiger partial charge in [-0.2, -0.15) is 8.42 Å². The van der Waals surface area contributed by atoms with Crippen molar-refractivity contribution in [3.63, 3.8) is 0 Å². The van der Waals surface area contributed by atoms with Gasteiger partial charge in [0.15, 0.2) is 0 Å². The number of hydrogen-bond acceptors (Lipinski definition) is 4. The highest BCUT2D eigenvalue weighted by Crippen LogP contribution is 2.38. The maximum Gasteiger partial charge on any atom is 0.308 e. The number of halogens is 3. The maximum atomic E-state index is 13.7. The van der Waals surface area contributed by atoms with Crippen molar-refractivity contribution in [3.05, 3.63) is 32.4 Å². The highest BCUT2D eigenvalue weighted by atomic mass is 79.9. The lowest BCUT2D eigenvalue weighted by Gasteiger charge is -2.23. The van der Waals surface area contributed by atoms with Crippen molar-refractivity contribution in [1.82, 2.24) is 0 Å². The zero-order valence-corrected chi connectivity index (χ0v) is 9.70. The van der Waals surface area contributed by atoms with Crippen LogP contribution in [0.15, 0.2) is 22.3 Å². The highest BCUT2D eigenvalue weighted by Gasteiger charge is 2.57. The Labute approximate surface area is 96.7 Å². The van der Waals surface area contributed by atoms with E-state index in [0.717, 1.165) is 0 Å². The lowest BCUT2D eigenvalue weighted by molar-refractivity contribution is -0.435. The summed E-state index contributed by atoms with van der Waals surface area (Å²) < 4.78 is 56.5. The molecular formula is C6H4BrF2NO5S. The van der Waals surface area contributed by atoms with Crippen LogP contribution in [-0.2, 0) is 10.1 Å². The van der Waals surface area contributed by atoms with Gasteiger partial charge >= 0.3 is 10.1 Å². The molecule has 0 spiro atoms. The molecule has 0 saturated heterocycles. The summed E-state index contributed by atoms with van der Waals surface area (Å²) in [5.74, 6) is 0. The third-order valence-electron chi connectivity index (χ3n) is 1.83. The Morgan fingerprint density at radius 2 is 2.12 bits per heavy atom. The molecule has 0 saturated carbocycles. The van der Waals surface area contributed by atoms with Crippen LogP contribution in [0.5, 0.6) is 0 Å². The molecule has 0 amide bonds. The zero-order chi connectivity index (χ0) is 12.7. The molecule has 1 rings (SSSR count). The first-order valence-corrected chi connectivity index (χ1v) is 5.87. The van der Waals surface area contributed by atoms with Gasteiger partial charge in [0.1, 0.15) is 0 Å². The van der Waals surface area contributed by atoms with Crippen molar-refractivity contribution in [2.45, 2.75) is 11.2 Å². The predicted molar refractivity (Wildman–Crippen MR) is 52.4 cm³/mol. The summed E-state index contributed by atoms with van der Waals surface area (Å²) in [6.07, 6.45) is -2.27. The molecule has 0 fully saturated rings. The van der Waals surface area contributed by atoms with Crippen LogP contribution >= 0.6 is 15.9 Å². The topological polar surface area (TPSA) is 97.5 Å². The van der Waals surface area contributed by atoms with Crippen LogP contribution < -0.4 is 0 Å². The molecule has 10 heteroatoms. The predicted octanol–water partition coefficient (Wildman–Crippen LogP) is 1.33.